The molecule has 0 amide bonds. The molecular weight excluding hydrogens is 426 g/mol. The van der Waals surface area contributed by atoms with Crippen LogP contribution in [0.15, 0.2) is 30.5 Å². The number of hydrogen-bond acceptors (Lipinski definition) is 5. The van der Waals surface area contributed by atoms with Crippen molar-refractivity contribution in [3.63, 3.8) is 0 Å². The fourth-order valence-corrected chi connectivity index (χ4v) is 3.56. The Hall–Kier alpha value is -1.61. The Morgan fingerprint density at radius 1 is 1.07 bits per heavy atom. The average molecular weight is 448 g/mol. The minimum Gasteiger partial charge on any atom is -0.353 e. The van der Waals surface area contributed by atoms with Crippen molar-refractivity contribution in [3.05, 3.63) is 51.8 Å². The molecule has 3 rings (SSSR count). The van der Waals surface area contributed by atoms with Gasteiger partial charge in [-0.15, -0.1) is 0 Å². The average Bonchev–Trinajstić information content (AvgIpc) is 2.69. The van der Waals surface area contributed by atoms with Crippen LogP contribution in [0.2, 0.25) is 10.0 Å². The van der Waals surface area contributed by atoms with E-state index in [9.17, 15) is 13.2 Å². The van der Waals surface area contributed by atoms with E-state index >= 15 is 0 Å². The van der Waals surface area contributed by atoms with E-state index in [1.54, 1.807) is 0 Å². The first-order valence-corrected chi connectivity index (χ1v) is 10.1. The van der Waals surface area contributed by atoms with Crippen LogP contribution in [0.25, 0.3) is 0 Å². The van der Waals surface area contributed by atoms with Gasteiger partial charge in [0, 0.05) is 31.9 Å². The SMILES string of the molecule is FC(F)(F)c1ccnc(NCCNC2CCN(Cc3ccc(Cl)c(Cl)c3)CC2)n1. The molecule has 1 aliphatic rings. The maximum Gasteiger partial charge on any atom is 0.433 e. The number of benzene rings is 1. The summed E-state index contributed by atoms with van der Waals surface area (Å²) in [5, 5.41) is 7.39. The number of hydrogen-bond donors (Lipinski definition) is 2. The van der Waals surface area contributed by atoms with Gasteiger partial charge >= 0.3 is 6.18 Å². The van der Waals surface area contributed by atoms with Crippen LogP contribution < -0.4 is 10.6 Å². The van der Waals surface area contributed by atoms with Crippen LogP contribution in [0.4, 0.5) is 19.1 Å². The van der Waals surface area contributed by atoms with Crippen LogP contribution in [-0.2, 0) is 12.7 Å². The molecule has 10 heteroatoms. The first-order chi connectivity index (χ1) is 13.8. The van der Waals surface area contributed by atoms with E-state index in [0.717, 1.165) is 50.3 Å². The number of alkyl halides is 3. The van der Waals surface area contributed by atoms with Crippen LogP contribution in [0.1, 0.15) is 24.1 Å². The molecule has 0 unspecified atom stereocenters. The van der Waals surface area contributed by atoms with Crippen LogP contribution in [0.5, 0.6) is 0 Å². The third-order valence-corrected chi connectivity index (χ3v) is 5.50. The van der Waals surface area contributed by atoms with Crippen LogP contribution in [0, 0.1) is 0 Å². The number of halogens is 5. The molecule has 2 N–H and O–H groups in total. The van der Waals surface area contributed by atoms with Gasteiger partial charge in [0.05, 0.1) is 10.0 Å². The van der Waals surface area contributed by atoms with Gasteiger partial charge in [0.25, 0.3) is 0 Å². The molecule has 1 aromatic carbocycles. The zero-order valence-corrected chi connectivity index (χ0v) is 17.2. The van der Waals surface area contributed by atoms with Crippen molar-refractivity contribution < 1.29 is 13.2 Å². The number of nitrogens with one attached hydrogen (secondary N) is 2. The maximum atomic E-state index is 12.7. The van der Waals surface area contributed by atoms with E-state index in [1.165, 1.54) is 0 Å². The Morgan fingerprint density at radius 2 is 1.83 bits per heavy atom. The molecule has 0 saturated carbocycles. The van der Waals surface area contributed by atoms with Crippen LogP contribution >= 0.6 is 23.2 Å². The lowest BCUT2D eigenvalue weighted by Gasteiger charge is -2.32. The molecule has 5 nitrogen and oxygen atoms in total. The number of nitrogens with zero attached hydrogens (tertiary/aromatic N) is 3. The molecule has 1 aromatic heterocycles. The molecule has 0 aliphatic carbocycles. The molecule has 158 valence electrons. The summed E-state index contributed by atoms with van der Waals surface area (Å²) in [4.78, 5) is 9.68. The van der Waals surface area contributed by atoms with Gasteiger partial charge in [-0.05, 0) is 49.7 Å². The quantitative estimate of drug-likeness (QED) is 0.613. The summed E-state index contributed by atoms with van der Waals surface area (Å²) in [7, 11) is 0. The highest BCUT2D eigenvalue weighted by molar-refractivity contribution is 6.42. The fraction of sp³-hybridized carbons (Fsp3) is 0.474. The third-order valence-electron chi connectivity index (χ3n) is 4.76. The second kappa shape index (κ2) is 9.93. The van der Waals surface area contributed by atoms with Crippen molar-refractivity contribution in [1.29, 1.82) is 0 Å². The first-order valence-electron chi connectivity index (χ1n) is 9.35. The molecule has 1 aliphatic heterocycles. The van der Waals surface area contributed by atoms with E-state index in [4.69, 9.17) is 23.2 Å². The summed E-state index contributed by atoms with van der Waals surface area (Å²) in [6, 6.07) is 6.93. The van der Waals surface area contributed by atoms with Gasteiger partial charge in [0.15, 0.2) is 0 Å². The van der Waals surface area contributed by atoms with Gasteiger partial charge in [-0.1, -0.05) is 29.3 Å². The predicted octanol–water partition coefficient (Wildman–Crippen LogP) is 4.47. The highest BCUT2D eigenvalue weighted by Crippen LogP contribution is 2.27. The summed E-state index contributed by atoms with van der Waals surface area (Å²) in [5.74, 6) is -0.0157. The molecule has 0 bridgehead atoms. The Morgan fingerprint density at radius 3 is 2.52 bits per heavy atom. The van der Waals surface area contributed by atoms with E-state index in [1.807, 2.05) is 18.2 Å². The van der Waals surface area contributed by atoms with Gasteiger partial charge in [0.1, 0.15) is 5.69 Å². The number of anilines is 1. The summed E-state index contributed by atoms with van der Waals surface area (Å²) in [6.45, 7) is 3.82. The van der Waals surface area contributed by atoms with Crippen molar-refractivity contribution in [2.45, 2.75) is 31.6 Å². The minimum absolute atomic E-state index is 0.0157. The summed E-state index contributed by atoms with van der Waals surface area (Å²) < 4.78 is 38.0. The highest BCUT2D eigenvalue weighted by atomic mass is 35.5. The van der Waals surface area contributed by atoms with E-state index in [0.29, 0.717) is 29.2 Å². The molecule has 29 heavy (non-hydrogen) atoms. The summed E-state index contributed by atoms with van der Waals surface area (Å²) in [5.41, 5.74) is 0.188. The third kappa shape index (κ3) is 6.70. The van der Waals surface area contributed by atoms with Crippen molar-refractivity contribution in [2.75, 3.05) is 31.5 Å². The van der Waals surface area contributed by atoms with Gasteiger partial charge in [-0.25, -0.2) is 9.97 Å². The zero-order valence-electron chi connectivity index (χ0n) is 15.6. The number of aromatic nitrogens is 2. The normalized spacial score (nSPS) is 16.2. The highest BCUT2D eigenvalue weighted by Gasteiger charge is 2.32. The Bertz CT molecular complexity index is 811. The number of rotatable bonds is 7. The van der Waals surface area contributed by atoms with Gasteiger partial charge in [-0.2, -0.15) is 13.2 Å². The molecule has 2 aromatic rings. The van der Waals surface area contributed by atoms with Crippen molar-refractivity contribution in [2.24, 2.45) is 0 Å². The van der Waals surface area contributed by atoms with Crippen molar-refractivity contribution in [3.8, 4) is 0 Å². The lowest BCUT2D eigenvalue weighted by Crippen LogP contribution is -2.43. The van der Waals surface area contributed by atoms with Gasteiger partial charge in [0.2, 0.25) is 5.95 Å². The van der Waals surface area contributed by atoms with E-state index in [-0.39, 0.29) is 5.95 Å². The number of piperidine rings is 1. The first kappa shape index (κ1) is 22.1. The molecule has 1 saturated heterocycles. The van der Waals surface area contributed by atoms with Crippen molar-refractivity contribution in [1.82, 2.24) is 20.2 Å². The molecule has 0 atom stereocenters. The van der Waals surface area contributed by atoms with E-state index < -0.39 is 11.9 Å². The van der Waals surface area contributed by atoms with Gasteiger partial charge in [-0.3, -0.25) is 4.90 Å². The lowest BCUT2D eigenvalue weighted by atomic mass is 10.0. The fourth-order valence-electron chi connectivity index (χ4n) is 3.24. The largest absolute Gasteiger partial charge is 0.433 e. The molecular formula is C19H22Cl2F3N5. The predicted molar refractivity (Wildman–Crippen MR) is 108 cm³/mol. The maximum absolute atomic E-state index is 12.7. The van der Waals surface area contributed by atoms with Gasteiger partial charge < -0.3 is 10.6 Å². The second-order valence-corrected chi connectivity index (χ2v) is 7.76. The van der Waals surface area contributed by atoms with E-state index in [2.05, 4.69) is 25.5 Å². The number of likely N-dealkylation sites (tertiary alicyclic amines) is 1. The molecule has 1 fully saturated rings. The Labute approximate surface area is 177 Å². The summed E-state index contributed by atoms with van der Waals surface area (Å²) >= 11 is 12.0. The summed E-state index contributed by atoms with van der Waals surface area (Å²) in [6.07, 6.45) is -1.36. The van der Waals surface area contributed by atoms with Crippen LogP contribution in [0.3, 0.4) is 0 Å². The van der Waals surface area contributed by atoms with Crippen LogP contribution in [-0.4, -0.2) is 47.1 Å². The standard InChI is InChI=1S/C19H22Cl2F3N5/c20-15-2-1-13(11-16(15)21)12-29-9-4-14(5-10-29)25-7-8-27-18-26-6-3-17(28-18)19(22,23)24/h1-3,6,11,14,25H,4-5,7-10,12H2,(H,26,27,28). The Balaban J connectivity index is 1.35. The monoisotopic (exact) mass is 447 g/mol. The molecule has 2 heterocycles. The topological polar surface area (TPSA) is 53.1 Å². The molecule has 0 radical (unpaired) electrons. The molecule has 0 spiro atoms. The Kier molecular flexibility index (Phi) is 7.56. The zero-order chi connectivity index (χ0) is 20.9. The smallest absolute Gasteiger partial charge is 0.353 e. The van der Waals surface area contributed by atoms with Crippen molar-refractivity contribution >= 4 is 29.2 Å². The minimum atomic E-state index is -4.47. The second-order valence-electron chi connectivity index (χ2n) is 6.94. The lowest BCUT2D eigenvalue weighted by molar-refractivity contribution is -0.141.